The van der Waals surface area contributed by atoms with E-state index in [1.54, 1.807) is 0 Å². The van der Waals surface area contributed by atoms with Crippen molar-refractivity contribution in [3.8, 4) is 0 Å². The topological polar surface area (TPSA) is 87.0 Å². The lowest BCUT2D eigenvalue weighted by atomic mass is 10.2. The van der Waals surface area contributed by atoms with Gasteiger partial charge in [0.05, 0.1) is 0 Å². The number of aliphatic hydroxyl groups excluding tert-OH is 1. The minimum atomic E-state index is -1.89. The van der Waals surface area contributed by atoms with Crippen molar-refractivity contribution in [2.75, 3.05) is 6.61 Å². The molecule has 0 saturated heterocycles. The van der Waals surface area contributed by atoms with Gasteiger partial charge in [-0.25, -0.2) is 4.79 Å². The van der Waals surface area contributed by atoms with Crippen molar-refractivity contribution in [3.05, 3.63) is 0 Å². The molecule has 0 amide bonds. The smallest absolute Gasteiger partial charge is 0.344 e. The van der Waals surface area contributed by atoms with E-state index in [0.717, 1.165) is 12.8 Å². The Morgan fingerprint density at radius 1 is 1.40 bits per heavy atom. The monoisotopic (exact) mass is 256 g/mol. The zero-order chi connectivity index (χ0) is 11.7. The number of rotatable bonds is 8. The Morgan fingerprint density at radius 2 is 2.07 bits per heavy atom. The fourth-order valence-electron chi connectivity index (χ4n) is 0.783. The zero-order valence-corrected chi connectivity index (χ0v) is 10.1. The lowest BCUT2D eigenvalue weighted by Gasteiger charge is -2.18. The van der Waals surface area contributed by atoms with Crippen LogP contribution in [0.1, 0.15) is 32.6 Å². The highest BCUT2D eigenvalue weighted by Crippen LogP contribution is 2.36. The predicted molar refractivity (Wildman–Crippen MR) is 59.7 cm³/mol. The van der Waals surface area contributed by atoms with Gasteiger partial charge in [-0.3, -0.25) is 0 Å². The summed E-state index contributed by atoms with van der Waals surface area (Å²) in [6.45, 7) is 1.30. The minimum absolute atomic E-state index is 0.217. The normalized spacial score (nSPS) is 11.5. The van der Waals surface area contributed by atoms with Gasteiger partial charge in [-0.2, -0.15) is 0 Å². The number of aliphatic hydroxyl groups is 3. The summed E-state index contributed by atoms with van der Waals surface area (Å²) < 4.78 is 4.40. The maximum atomic E-state index is 10.5. The van der Waals surface area contributed by atoms with Gasteiger partial charge in [0.15, 0.2) is 0 Å². The summed E-state index contributed by atoms with van der Waals surface area (Å²) in [5.74, 6) is -0.808. The molecule has 0 bridgehead atoms. The van der Waals surface area contributed by atoms with Gasteiger partial charge in [0.1, 0.15) is 17.7 Å². The van der Waals surface area contributed by atoms with E-state index < -0.39 is 17.7 Å². The second-order valence-corrected chi connectivity index (χ2v) is 5.00. The molecule has 0 aromatic carbocycles. The quantitative estimate of drug-likeness (QED) is 0.259. The zero-order valence-electron chi connectivity index (χ0n) is 8.51. The first kappa shape index (κ1) is 15.0. The second kappa shape index (κ2) is 8.23. The standard InChI is InChI=1S/C8H16O5S2/c1-2-3-4-5-8(11,12)14-15-13-7(10)6-9/h9,11-12H,2-6H2,1H3. The highest BCUT2D eigenvalue weighted by molar-refractivity contribution is 8.75. The summed E-state index contributed by atoms with van der Waals surface area (Å²) in [7, 11) is 0.646. The fraction of sp³-hybridized carbons (Fsp3) is 0.875. The highest BCUT2D eigenvalue weighted by atomic mass is 33.1. The molecule has 0 heterocycles. The van der Waals surface area contributed by atoms with Gasteiger partial charge in [0.25, 0.3) is 0 Å². The fourth-order valence-corrected chi connectivity index (χ4v) is 2.19. The minimum Gasteiger partial charge on any atom is -0.385 e. The largest absolute Gasteiger partial charge is 0.385 e. The summed E-state index contributed by atoms with van der Waals surface area (Å²) in [6, 6.07) is 0. The summed E-state index contributed by atoms with van der Waals surface area (Å²) in [5, 5.41) is 25.2. The third-order valence-corrected chi connectivity index (χ3v) is 3.53. The van der Waals surface area contributed by atoms with Crippen LogP contribution in [0.3, 0.4) is 0 Å². The van der Waals surface area contributed by atoms with Gasteiger partial charge in [0, 0.05) is 17.2 Å². The molecule has 5 nitrogen and oxygen atoms in total. The Morgan fingerprint density at radius 3 is 2.60 bits per heavy atom. The van der Waals surface area contributed by atoms with Gasteiger partial charge >= 0.3 is 5.97 Å². The van der Waals surface area contributed by atoms with Crippen molar-refractivity contribution < 1.29 is 24.3 Å². The van der Waals surface area contributed by atoms with Crippen LogP contribution < -0.4 is 0 Å². The number of hydrogen-bond acceptors (Lipinski definition) is 7. The van der Waals surface area contributed by atoms with Crippen molar-refractivity contribution in [3.63, 3.8) is 0 Å². The van der Waals surface area contributed by atoms with Gasteiger partial charge in [0.2, 0.25) is 5.12 Å². The molecule has 3 N–H and O–H groups in total. The predicted octanol–water partition coefficient (Wildman–Crippen LogP) is 1.04. The molecule has 15 heavy (non-hydrogen) atoms. The van der Waals surface area contributed by atoms with E-state index in [-0.39, 0.29) is 6.42 Å². The Bertz CT molecular complexity index is 186. The molecule has 0 unspecified atom stereocenters. The van der Waals surface area contributed by atoms with Crippen LogP contribution in [0.5, 0.6) is 0 Å². The van der Waals surface area contributed by atoms with Crippen LogP contribution in [-0.2, 0) is 8.98 Å². The van der Waals surface area contributed by atoms with E-state index in [1.807, 2.05) is 6.92 Å². The van der Waals surface area contributed by atoms with Gasteiger partial charge in [-0.15, -0.1) is 0 Å². The van der Waals surface area contributed by atoms with Crippen LogP contribution in [0.15, 0.2) is 0 Å². The van der Waals surface area contributed by atoms with E-state index >= 15 is 0 Å². The molecule has 0 aromatic heterocycles. The number of carbonyl (C=O) groups excluding carboxylic acids is 1. The van der Waals surface area contributed by atoms with Crippen LogP contribution in [0.4, 0.5) is 0 Å². The van der Waals surface area contributed by atoms with E-state index in [1.165, 1.54) is 0 Å². The maximum absolute atomic E-state index is 10.5. The molecule has 0 saturated carbocycles. The van der Waals surface area contributed by atoms with Crippen molar-refractivity contribution in [1.29, 1.82) is 0 Å². The summed E-state index contributed by atoms with van der Waals surface area (Å²) in [4.78, 5) is 10.5. The molecule has 0 radical (unpaired) electrons. The summed E-state index contributed by atoms with van der Waals surface area (Å²) in [6.07, 6.45) is 2.83. The lowest BCUT2D eigenvalue weighted by Crippen LogP contribution is -2.22. The van der Waals surface area contributed by atoms with E-state index in [9.17, 15) is 15.0 Å². The van der Waals surface area contributed by atoms with Crippen LogP contribution in [0.2, 0.25) is 0 Å². The first-order valence-electron chi connectivity index (χ1n) is 4.62. The average Bonchev–Trinajstić information content (AvgIpc) is 2.17. The molecule has 7 heteroatoms. The van der Waals surface area contributed by atoms with E-state index in [0.29, 0.717) is 28.3 Å². The molecule has 0 aliphatic rings. The Kier molecular flexibility index (Phi) is 8.26. The van der Waals surface area contributed by atoms with Crippen molar-refractivity contribution in [1.82, 2.24) is 0 Å². The van der Waals surface area contributed by atoms with Crippen LogP contribution in [0.25, 0.3) is 0 Å². The Labute approximate surface area is 96.8 Å². The SMILES string of the molecule is CCCCCC(O)(O)SSOC(=O)CO. The maximum Gasteiger partial charge on any atom is 0.344 e. The van der Waals surface area contributed by atoms with Gasteiger partial charge in [-0.05, 0) is 6.42 Å². The van der Waals surface area contributed by atoms with Crippen LogP contribution in [0, 0.1) is 0 Å². The van der Waals surface area contributed by atoms with Crippen molar-refractivity contribution in [2.45, 2.75) is 37.7 Å². The second-order valence-electron chi connectivity index (χ2n) is 2.97. The third-order valence-electron chi connectivity index (χ3n) is 1.53. The molecule has 0 rings (SSSR count). The summed E-state index contributed by atoms with van der Waals surface area (Å²) in [5.41, 5.74) is 0. The molecular weight excluding hydrogens is 240 g/mol. The van der Waals surface area contributed by atoms with Gasteiger partial charge < -0.3 is 19.5 Å². The number of carbonyl (C=O) groups is 1. The average molecular weight is 256 g/mol. The Balaban J connectivity index is 3.59. The van der Waals surface area contributed by atoms with Crippen LogP contribution >= 0.6 is 21.9 Å². The molecule has 0 spiro atoms. The Hall–Kier alpha value is 0.0500. The lowest BCUT2D eigenvalue weighted by molar-refractivity contribution is -0.135. The molecule has 90 valence electrons. The summed E-state index contributed by atoms with van der Waals surface area (Å²) >= 11 is 0.558. The molecule has 0 aromatic rings. The first-order valence-corrected chi connectivity index (χ1v) is 6.70. The third kappa shape index (κ3) is 9.01. The van der Waals surface area contributed by atoms with Crippen molar-refractivity contribution >= 4 is 27.8 Å². The molecule has 0 atom stereocenters. The van der Waals surface area contributed by atoms with Crippen LogP contribution in [-0.4, -0.2) is 33.0 Å². The number of hydrogen-bond donors (Lipinski definition) is 3. The first-order chi connectivity index (χ1) is 7.02. The number of unbranched alkanes of at least 4 members (excludes halogenated alkanes) is 2. The molecular formula is C8H16O5S2. The van der Waals surface area contributed by atoms with E-state index in [4.69, 9.17) is 5.11 Å². The molecule has 0 aliphatic carbocycles. The highest BCUT2D eigenvalue weighted by Gasteiger charge is 2.25. The van der Waals surface area contributed by atoms with Gasteiger partial charge in [-0.1, -0.05) is 19.8 Å². The molecule has 0 aliphatic heterocycles. The van der Waals surface area contributed by atoms with Crippen molar-refractivity contribution in [2.24, 2.45) is 0 Å². The molecule has 0 fully saturated rings. The van der Waals surface area contributed by atoms with E-state index in [2.05, 4.69) is 4.18 Å².